The number of hydrogen-bond donors (Lipinski definition) is 0. The molecule has 0 atom stereocenters. The molecule has 0 radical (unpaired) electrons. The Bertz CT molecular complexity index is 876. The molecule has 2 aromatic carbocycles. The van der Waals surface area contributed by atoms with Crippen molar-refractivity contribution in [2.75, 3.05) is 0 Å². The van der Waals surface area contributed by atoms with E-state index in [0.29, 0.717) is 0 Å². The van der Waals surface area contributed by atoms with E-state index in [1.54, 1.807) is 6.20 Å². The second kappa shape index (κ2) is 6.47. The van der Waals surface area contributed by atoms with Crippen LogP contribution >= 0.6 is 0 Å². The monoisotopic (exact) mass is 308 g/mol. The van der Waals surface area contributed by atoms with Crippen molar-refractivity contribution in [1.29, 1.82) is 0 Å². The minimum absolute atomic E-state index is 0.954. The van der Waals surface area contributed by atoms with E-state index in [2.05, 4.69) is 70.6 Å². The fourth-order valence-electron chi connectivity index (χ4n) is 2.94. The number of rotatable bonds is 3. The van der Waals surface area contributed by atoms with Gasteiger partial charge in [-0.25, -0.2) is 0 Å². The summed E-state index contributed by atoms with van der Waals surface area (Å²) in [6, 6.07) is 26.9. The van der Waals surface area contributed by atoms with Gasteiger partial charge < -0.3 is 0 Å². The molecule has 0 aliphatic carbocycles. The molecule has 2 nitrogen and oxygen atoms in total. The maximum atomic E-state index is 4.67. The van der Waals surface area contributed by atoms with Crippen molar-refractivity contribution in [1.82, 2.24) is 9.97 Å². The summed E-state index contributed by atoms with van der Waals surface area (Å²) >= 11 is 0. The molecule has 0 bridgehead atoms. The first kappa shape index (κ1) is 14.3. The van der Waals surface area contributed by atoms with Crippen LogP contribution in [-0.2, 0) is 0 Å². The van der Waals surface area contributed by atoms with Gasteiger partial charge in [0.2, 0.25) is 0 Å². The van der Waals surface area contributed by atoms with Gasteiger partial charge in [-0.2, -0.15) is 0 Å². The molecule has 0 spiro atoms. The molecular weight excluding hydrogens is 292 g/mol. The maximum Gasteiger partial charge on any atom is 0.0802 e. The van der Waals surface area contributed by atoms with E-state index in [1.807, 2.05) is 30.6 Å². The normalized spacial score (nSPS) is 10.5. The summed E-state index contributed by atoms with van der Waals surface area (Å²) in [7, 11) is 0. The quantitative estimate of drug-likeness (QED) is 0.501. The predicted molar refractivity (Wildman–Crippen MR) is 98.3 cm³/mol. The molecule has 0 N–H and O–H groups in total. The van der Waals surface area contributed by atoms with Crippen LogP contribution in [-0.4, -0.2) is 9.97 Å². The summed E-state index contributed by atoms with van der Waals surface area (Å²) in [5.74, 6) is 0. The van der Waals surface area contributed by atoms with Crippen molar-refractivity contribution >= 4 is 0 Å². The molecule has 2 heterocycles. The average Bonchev–Trinajstić information content (AvgIpc) is 2.69. The van der Waals surface area contributed by atoms with Crippen molar-refractivity contribution < 1.29 is 0 Å². The van der Waals surface area contributed by atoms with E-state index in [1.165, 1.54) is 11.1 Å². The first-order valence-electron chi connectivity index (χ1n) is 7.94. The summed E-state index contributed by atoms with van der Waals surface area (Å²) < 4.78 is 0. The van der Waals surface area contributed by atoms with E-state index in [0.717, 1.165) is 22.4 Å². The third-order valence-corrected chi connectivity index (χ3v) is 4.03. The molecule has 0 saturated heterocycles. The Labute approximate surface area is 141 Å². The number of benzene rings is 2. The zero-order valence-electron chi connectivity index (χ0n) is 13.1. The topological polar surface area (TPSA) is 25.8 Å². The Morgan fingerprint density at radius 2 is 1.21 bits per heavy atom. The fourth-order valence-corrected chi connectivity index (χ4v) is 2.94. The highest BCUT2D eigenvalue weighted by molar-refractivity contribution is 5.92. The Balaban J connectivity index is 2.02. The number of aromatic nitrogens is 2. The lowest BCUT2D eigenvalue weighted by Crippen LogP contribution is -1.93. The van der Waals surface area contributed by atoms with Crippen LogP contribution in [0.1, 0.15) is 0 Å². The maximum absolute atomic E-state index is 4.67. The van der Waals surface area contributed by atoms with Gasteiger partial charge in [0.25, 0.3) is 0 Å². The van der Waals surface area contributed by atoms with E-state index < -0.39 is 0 Å². The molecule has 4 aromatic rings. The van der Waals surface area contributed by atoms with Crippen molar-refractivity contribution in [2.24, 2.45) is 0 Å². The van der Waals surface area contributed by atoms with Gasteiger partial charge in [-0.05, 0) is 34.9 Å². The van der Waals surface area contributed by atoms with Crippen LogP contribution in [0.3, 0.4) is 0 Å². The van der Waals surface area contributed by atoms with Gasteiger partial charge in [0, 0.05) is 29.7 Å². The van der Waals surface area contributed by atoms with Gasteiger partial charge in [-0.1, -0.05) is 60.7 Å². The molecule has 0 unspecified atom stereocenters. The third-order valence-electron chi connectivity index (χ3n) is 4.03. The van der Waals surface area contributed by atoms with Gasteiger partial charge in [-0.15, -0.1) is 0 Å². The van der Waals surface area contributed by atoms with E-state index in [9.17, 15) is 0 Å². The van der Waals surface area contributed by atoms with Gasteiger partial charge in [0.05, 0.1) is 5.69 Å². The van der Waals surface area contributed by atoms with Gasteiger partial charge in [0.1, 0.15) is 0 Å². The standard InChI is InChI=1S/C22H16N2/c1-3-8-17(9-4-1)20-13-15-24-22(19-12-7-14-23-16-19)21(20)18-10-5-2-6-11-18/h1-16H. The Morgan fingerprint density at radius 1 is 0.542 bits per heavy atom. The van der Waals surface area contributed by atoms with Gasteiger partial charge >= 0.3 is 0 Å². The van der Waals surface area contributed by atoms with E-state index in [-0.39, 0.29) is 0 Å². The molecule has 0 aliphatic rings. The molecule has 24 heavy (non-hydrogen) atoms. The summed E-state index contributed by atoms with van der Waals surface area (Å²) in [6.07, 6.45) is 5.52. The van der Waals surface area contributed by atoms with E-state index >= 15 is 0 Å². The van der Waals surface area contributed by atoms with Crippen molar-refractivity contribution in [2.45, 2.75) is 0 Å². The third kappa shape index (κ3) is 2.70. The first-order chi connectivity index (χ1) is 11.9. The average molecular weight is 308 g/mol. The van der Waals surface area contributed by atoms with Crippen LogP contribution < -0.4 is 0 Å². The summed E-state index contributed by atoms with van der Waals surface area (Å²) in [4.78, 5) is 8.93. The lowest BCUT2D eigenvalue weighted by atomic mass is 9.92. The molecule has 0 fully saturated rings. The highest BCUT2D eigenvalue weighted by Gasteiger charge is 2.14. The largest absolute Gasteiger partial charge is 0.264 e. The molecule has 0 amide bonds. The smallest absolute Gasteiger partial charge is 0.0802 e. The molecule has 0 aliphatic heterocycles. The molecule has 0 saturated carbocycles. The van der Waals surface area contributed by atoms with Crippen LogP contribution in [0.25, 0.3) is 33.5 Å². The van der Waals surface area contributed by atoms with Crippen molar-refractivity contribution in [3.05, 3.63) is 97.5 Å². The lowest BCUT2D eigenvalue weighted by molar-refractivity contribution is 1.28. The Hall–Kier alpha value is -3.26. The molecular formula is C22H16N2. The highest BCUT2D eigenvalue weighted by atomic mass is 14.7. The van der Waals surface area contributed by atoms with E-state index in [4.69, 9.17) is 0 Å². The second-order valence-corrected chi connectivity index (χ2v) is 5.56. The summed E-state index contributed by atoms with van der Waals surface area (Å²) in [5.41, 5.74) is 6.63. The Morgan fingerprint density at radius 3 is 1.88 bits per heavy atom. The number of pyridine rings is 2. The second-order valence-electron chi connectivity index (χ2n) is 5.56. The van der Waals surface area contributed by atoms with Crippen molar-refractivity contribution in [3.63, 3.8) is 0 Å². The zero-order valence-corrected chi connectivity index (χ0v) is 13.1. The molecule has 4 rings (SSSR count). The zero-order chi connectivity index (χ0) is 16.2. The Kier molecular flexibility index (Phi) is 3.86. The van der Waals surface area contributed by atoms with Crippen LogP contribution in [0.5, 0.6) is 0 Å². The molecule has 2 heteroatoms. The summed E-state index contributed by atoms with van der Waals surface area (Å²) in [5, 5.41) is 0. The van der Waals surface area contributed by atoms with Crippen LogP contribution in [0.4, 0.5) is 0 Å². The minimum Gasteiger partial charge on any atom is -0.264 e. The predicted octanol–water partition coefficient (Wildman–Crippen LogP) is 5.48. The minimum atomic E-state index is 0.954. The van der Waals surface area contributed by atoms with Gasteiger partial charge in [-0.3, -0.25) is 9.97 Å². The van der Waals surface area contributed by atoms with Crippen LogP contribution in [0.2, 0.25) is 0 Å². The fraction of sp³-hybridized carbons (Fsp3) is 0. The van der Waals surface area contributed by atoms with Crippen LogP contribution in [0.15, 0.2) is 97.5 Å². The lowest BCUT2D eigenvalue weighted by Gasteiger charge is -2.15. The number of nitrogens with zero attached hydrogens (tertiary/aromatic N) is 2. The highest BCUT2D eigenvalue weighted by Crippen LogP contribution is 2.38. The number of hydrogen-bond acceptors (Lipinski definition) is 2. The van der Waals surface area contributed by atoms with Crippen molar-refractivity contribution in [3.8, 4) is 33.5 Å². The van der Waals surface area contributed by atoms with Gasteiger partial charge in [0.15, 0.2) is 0 Å². The van der Waals surface area contributed by atoms with Crippen LogP contribution in [0, 0.1) is 0 Å². The summed E-state index contributed by atoms with van der Waals surface area (Å²) in [6.45, 7) is 0. The molecule has 114 valence electrons. The molecule has 2 aromatic heterocycles. The first-order valence-corrected chi connectivity index (χ1v) is 7.94. The SMILES string of the molecule is c1ccc(-c2ccnc(-c3cccnc3)c2-c2ccccc2)cc1.